The molecule has 6 heteroatoms. The van der Waals surface area contributed by atoms with Crippen LogP contribution >= 0.6 is 0 Å². The van der Waals surface area contributed by atoms with Crippen molar-refractivity contribution in [1.82, 2.24) is 15.1 Å². The summed E-state index contributed by atoms with van der Waals surface area (Å²) in [6.45, 7) is 3.79. The molecule has 0 aliphatic carbocycles. The van der Waals surface area contributed by atoms with Crippen LogP contribution in [0.1, 0.15) is 11.1 Å². The molecule has 2 aromatic rings. The third-order valence-corrected chi connectivity index (χ3v) is 4.91. The Morgan fingerprint density at radius 3 is 2.34 bits per heavy atom. The van der Waals surface area contributed by atoms with Crippen molar-refractivity contribution in [2.75, 3.05) is 39.3 Å². The van der Waals surface area contributed by atoms with Crippen LogP contribution in [-0.4, -0.2) is 60.9 Å². The minimum Gasteiger partial charge on any atom is -0.347 e. The summed E-state index contributed by atoms with van der Waals surface area (Å²) in [7, 11) is 0. The summed E-state index contributed by atoms with van der Waals surface area (Å²) in [5, 5.41) is 2.66. The Hall–Kier alpha value is -2.99. The number of hydrogen-bond acceptors (Lipinski definition) is 3. The number of amides is 2. The van der Waals surface area contributed by atoms with E-state index >= 15 is 0 Å². The van der Waals surface area contributed by atoms with Crippen molar-refractivity contribution in [3.05, 3.63) is 77.6 Å². The summed E-state index contributed by atoms with van der Waals surface area (Å²) >= 11 is 0. The molecule has 1 heterocycles. The predicted molar refractivity (Wildman–Crippen MR) is 112 cm³/mol. The van der Waals surface area contributed by atoms with Gasteiger partial charge in [-0.2, -0.15) is 0 Å². The summed E-state index contributed by atoms with van der Waals surface area (Å²) in [5.41, 5.74) is 1.89. The van der Waals surface area contributed by atoms with Crippen LogP contribution in [-0.2, 0) is 16.0 Å². The van der Waals surface area contributed by atoms with Gasteiger partial charge in [0.2, 0.25) is 11.8 Å². The second-order valence-electron chi connectivity index (χ2n) is 7.07. The topological polar surface area (TPSA) is 52.7 Å². The van der Waals surface area contributed by atoms with Gasteiger partial charge in [0.25, 0.3) is 0 Å². The molecule has 0 spiro atoms. The van der Waals surface area contributed by atoms with Crippen molar-refractivity contribution in [3.8, 4) is 0 Å². The largest absolute Gasteiger partial charge is 0.347 e. The molecule has 1 saturated heterocycles. The Morgan fingerprint density at radius 1 is 0.966 bits per heavy atom. The van der Waals surface area contributed by atoms with E-state index in [1.54, 1.807) is 17.0 Å². The first-order valence-electron chi connectivity index (χ1n) is 9.83. The van der Waals surface area contributed by atoms with Crippen molar-refractivity contribution in [1.29, 1.82) is 0 Å². The maximum absolute atomic E-state index is 12.9. The average molecular weight is 395 g/mol. The molecule has 0 bridgehead atoms. The third-order valence-electron chi connectivity index (χ3n) is 4.91. The molecular weight excluding hydrogens is 369 g/mol. The number of nitrogens with one attached hydrogen (secondary N) is 1. The minimum absolute atomic E-state index is 0.00601. The molecule has 2 aromatic carbocycles. The Bertz CT molecular complexity index is 829. The van der Waals surface area contributed by atoms with Crippen LogP contribution in [0.3, 0.4) is 0 Å². The highest BCUT2D eigenvalue weighted by atomic mass is 19.1. The van der Waals surface area contributed by atoms with Gasteiger partial charge < -0.3 is 10.2 Å². The van der Waals surface area contributed by atoms with Crippen LogP contribution in [0.4, 0.5) is 4.39 Å². The first-order chi connectivity index (χ1) is 14.1. The molecule has 5 nitrogen and oxygen atoms in total. The second-order valence-corrected chi connectivity index (χ2v) is 7.07. The first kappa shape index (κ1) is 20.7. The maximum atomic E-state index is 12.9. The highest BCUT2D eigenvalue weighted by Gasteiger charge is 2.20. The first-order valence-corrected chi connectivity index (χ1v) is 9.83. The smallest absolute Gasteiger partial charge is 0.242 e. The summed E-state index contributed by atoms with van der Waals surface area (Å²) < 4.78 is 12.9. The quantitative estimate of drug-likeness (QED) is 0.783. The molecule has 0 aromatic heterocycles. The fourth-order valence-electron chi connectivity index (χ4n) is 3.22. The van der Waals surface area contributed by atoms with Crippen LogP contribution in [0.15, 0.2) is 60.7 Å². The zero-order valence-corrected chi connectivity index (χ0v) is 16.4. The number of carbonyl (C=O) groups is 2. The van der Waals surface area contributed by atoms with E-state index in [0.29, 0.717) is 18.7 Å². The highest BCUT2D eigenvalue weighted by Crippen LogP contribution is 2.06. The molecular formula is C23H26FN3O2. The summed E-state index contributed by atoms with van der Waals surface area (Å²) in [5.74, 6) is -0.648. The Labute approximate surface area is 170 Å². The number of benzene rings is 2. The zero-order valence-electron chi connectivity index (χ0n) is 16.4. The maximum Gasteiger partial charge on any atom is 0.242 e. The minimum atomic E-state index is -0.334. The van der Waals surface area contributed by atoms with Crippen LogP contribution in [0.2, 0.25) is 0 Å². The number of halogens is 1. The Kier molecular flexibility index (Phi) is 7.53. The van der Waals surface area contributed by atoms with Gasteiger partial charge in [0.1, 0.15) is 5.82 Å². The van der Waals surface area contributed by atoms with Crippen molar-refractivity contribution in [2.45, 2.75) is 6.42 Å². The monoisotopic (exact) mass is 395 g/mol. The molecule has 29 heavy (non-hydrogen) atoms. The van der Waals surface area contributed by atoms with E-state index in [9.17, 15) is 14.0 Å². The zero-order chi connectivity index (χ0) is 20.5. The fraction of sp³-hybridized carbons (Fsp3) is 0.304. The van der Waals surface area contributed by atoms with Crippen LogP contribution < -0.4 is 5.32 Å². The van der Waals surface area contributed by atoms with Crippen LogP contribution in [0.25, 0.3) is 6.08 Å². The van der Waals surface area contributed by atoms with Crippen molar-refractivity contribution in [2.24, 2.45) is 0 Å². The summed E-state index contributed by atoms with van der Waals surface area (Å²) in [4.78, 5) is 28.4. The SMILES string of the molecule is O=C(Cc1ccc(F)cc1)NCC(=O)N1CCN(C/C=C/c2ccccc2)CC1. The molecule has 152 valence electrons. The molecule has 0 atom stereocenters. The van der Waals surface area contributed by atoms with Crippen LogP contribution in [0.5, 0.6) is 0 Å². The van der Waals surface area contributed by atoms with E-state index < -0.39 is 0 Å². The lowest BCUT2D eigenvalue weighted by Gasteiger charge is -2.34. The van der Waals surface area contributed by atoms with Gasteiger partial charge in [-0.3, -0.25) is 14.5 Å². The summed E-state index contributed by atoms with van der Waals surface area (Å²) in [6.07, 6.45) is 4.38. The molecule has 1 fully saturated rings. The molecule has 3 rings (SSSR count). The van der Waals surface area contributed by atoms with Gasteiger partial charge in [-0.15, -0.1) is 0 Å². The summed E-state index contributed by atoms with van der Waals surface area (Å²) in [6, 6.07) is 16.0. The predicted octanol–water partition coefficient (Wildman–Crippen LogP) is 2.34. The molecule has 1 aliphatic heterocycles. The molecule has 0 unspecified atom stereocenters. The lowest BCUT2D eigenvalue weighted by Crippen LogP contribution is -2.51. The van der Waals surface area contributed by atoms with Gasteiger partial charge >= 0.3 is 0 Å². The van der Waals surface area contributed by atoms with Gasteiger partial charge in [0, 0.05) is 32.7 Å². The normalized spacial score (nSPS) is 14.9. The Balaban J connectivity index is 1.34. The number of piperazine rings is 1. The molecule has 1 N–H and O–H groups in total. The van der Waals surface area contributed by atoms with Gasteiger partial charge in [0.15, 0.2) is 0 Å². The van der Waals surface area contributed by atoms with E-state index in [-0.39, 0.29) is 30.6 Å². The molecule has 1 aliphatic rings. The fourth-order valence-corrected chi connectivity index (χ4v) is 3.22. The second kappa shape index (κ2) is 10.5. The van der Waals surface area contributed by atoms with E-state index in [4.69, 9.17) is 0 Å². The molecule has 0 saturated carbocycles. The average Bonchev–Trinajstić information content (AvgIpc) is 2.75. The number of hydrogen-bond donors (Lipinski definition) is 1. The van der Waals surface area contributed by atoms with Gasteiger partial charge in [-0.1, -0.05) is 54.6 Å². The van der Waals surface area contributed by atoms with Gasteiger partial charge in [-0.05, 0) is 23.3 Å². The standard InChI is InChI=1S/C23H26FN3O2/c24-21-10-8-20(9-11-21)17-22(28)25-18-23(29)27-15-13-26(14-16-27)12-4-7-19-5-2-1-3-6-19/h1-11H,12-18H2,(H,25,28)/b7-4+. The Morgan fingerprint density at radius 2 is 1.66 bits per heavy atom. The number of carbonyl (C=O) groups excluding carboxylic acids is 2. The lowest BCUT2D eigenvalue weighted by atomic mass is 10.1. The highest BCUT2D eigenvalue weighted by molar-refractivity contribution is 5.85. The van der Waals surface area contributed by atoms with Crippen molar-refractivity contribution < 1.29 is 14.0 Å². The van der Waals surface area contributed by atoms with Crippen molar-refractivity contribution in [3.63, 3.8) is 0 Å². The van der Waals surface area contributed by atoms with E-state index in [2.05, 4.69) is 34.5 Å². The van der Waals surface area contributed by atoms with Crippen molar-refractivity contribution >= 4 is 17.9 Å². The van der Waals surface area contributed by atoms with E-state index in [1.807, 2.05) is 18.2 Å². The van der Waals surface area contributed by atoms with Gasteiger partial charge in [-0.25, -0.2) is 4.39 Å². The number of rotatable bonds is 7. The lowest BCUT2D eigenvalue weighted by molar-refractivity contribution is -0.134. The molecule has 2 amide bonds. The van der Waals surface area contributed by atoms with Gasteiger partial charge in [0.05, 0.1) is 13.0 Å². The van der Waals surface area contributed by atoms with E-state index in [1.165, 1.54) is 17.7 Å². The third kappa shape index (κ3) is 6.84. The van der Waals surface area contributed by atoms with Crippen LogP contribution in [0, 0.1) is 5.82 Å². The number of nitrogens with zero attached hydrogens (tertiary/aromatic N) is 2. The van der Waals surface area contributed by atoms with E-state index in [0.717, 1.165) is 19.6 Å². The molecule has 0 radical (unpaired) electrons.